The van der Waals surface area contributed by atoms with Crippen LogP contribution in [-0.4, -0.2) is 24.4 Å². The molecule has 0 saturated carbocycles. The van der Waals surface area contributed by atoms with Gasteiger partial charge in [0.1, 0.15) is 5.92 Å². The predicted octanol–water partition coefficient (Wildman–Crippen LogP) is 2.38. The van der Waals surface area contributed by atoms with Crippen molar-refractivity contribution in [3.8, 4) is 12.1 Å². The lowest BCUT2D eigenvalue weighted by molar-refractivity contribution is -0.147. The fourth-order valence-electron chi connectivity index (χ4n) is 3.04. The van der Waals surface area contributed by atoms with E-state index in [9.17, 15) is 24.9 Å². The monoisotopic (exact) mass is 418 g/mol. The first-order chi connectivity index (χ1) is 14.9. The highest BCUT2D eigenvalue weighted by molar-refractivity contribution is 5.96. The molecule has 0 aliphatic carbocycles. The third-order valence-corrected chi connectivity index (χ3v) is 4.62. The molecule has 0 aromatic heterocycles. The zero-order valence-corrected chi connectivity index (χ0v) is 17.2. The highest BCUT2D eigenvalue weighted by Crippen LogP contribution is 2.33. The van der Waals surface area contributed by atoms with Crippen molar-refractivity contribution in [2.45, 2.75) is 19.8 Å². The van der Waals surface area contributed by atoms with Crippen LogP contribution in [0.3, 0.4) is 0 Å². The van der Waals surface area contributed by atoms with Gasteiger partial charge < -0.3 is 4.74 Å². The van der Waals surface area contributed by atoms with Gasteiger partial charge in [-0.2, -0.15) is 10.5 Å². The van der Waals surface area contributed by atoms with Gasteiger partial charge in [0.15, 0.2) is 5.92 Å². The van der Waals surface area contributed by atoms with E-state index < -0.39 is 35.5 Å². The molecular formula is C23H22N4O4. The molecule has 2 aromatic carbocycles. The number of nitrogens with zero attached hydrogens (tertiary/aromatic N) is 2. The number of hydrazine groups is 1. The Morgan fingerprint density at radius 3 is 2.10 bits per heavy atom. The first kappa shape index (κ1) is 23.1. The van der Waals surface area contributed by atoms with Gasteiger partial charge in [0.05, 0.1) is 18.7 Å². The summed E-state index contributed by atoms with van der Waals surface area (Å²) in [6.45, 7) is 3.51. The zero-order valence-electron chi connectivity index (χ0n) is 17.2. The van der Waals surface area contributed by atoms with E-state index in [0.717, 1.165) is 5.56 Å². The molecule has 0 aliphatic rings. The molecule has 2 N–H and O–H groups in total. The van der Waals surface area contributed by atoms with Crippen molar-refractivity contribution in [2.75, 3.05) is 6.61 Å². The number of amides is 2. The number of carbonyl (C=O) groups excluding carboxylic acids is 3. The highest BCUT2D eigenvalue weighted by Gasteiger charge is 2.40. The van der Waals surface area contributed by atoms with Gasteiger partial charge in [0.2, 0.25) is 0 Å². The van der Waals surface area contributed by atoms with Crippen LogP contribution in [0.15, 0.2) is 54.6 Å². The van der Waals surface area contributed by atoms with Crippen molar-refractivity contribution in [3.05, 3.63) is 71.3 Å². The summed E-state index contributed by atoms with van der Waals surface area (Å²) in [5.74, 6) is -6.16. The molecule has 3 atom stereocenters. The third kappa shape index (κ3) is 5.91. The Balaban J connectivity index is 2.31. The van der Waals surface area contributed by atoms with E-state index >= 15 is 0 Å². The summed E-state index contributed by atoms with van der Waals surface area (Å²) in [4.78, 5) is 37.4. The largest absolute Gasteiger partial charge is 0.465 e. The van der Waals surface area contributed by atoms with Gasteiger partial charge in [-0.05, 0) is 31.5 Å². The summed E-state index contributed by atoms with van der Waals surface area (Å²) < 4.78 is 4.98. The van der Waals surface area contributed by atoms with Gasteiger partial charge >= 0.3 is 5.97 Å². The van der Waals surface area contributed by atoms with Crippen LogP contribution in [-0.2, 0) is 14.3 Å². The number of nitrogens with one attached hydrogen (secondary N) is 2. The number of ether oxygens (including phenoxy) is 1. The molecule has 158 valence electrons. The molecular weight excluding hydrogens is 396 g/mol. The van der Waals surface area contributed by atoms with Gasteiger partial charge in [-0.1, -0.05) is 48.0 Å². The van der Waals surface area contributed by atoms with E-state index in [0.29, 0.717) is 11.1 Å². The van der Waals surface area contributed by atoms with Crippen molar-refractivity contribution in [3.63, 3.8) is 0 Å². The van der Waals surface area contributed by atoms with Crippen LogP contribution in [0, 0.1) is 41.4 Å². The minimum absolute atomic E-state index is 0.0498. The fraction of sp³-hybridized carbons (Fsp3) is 0.261. The third-order valence-electron chi connectivity index (χ3n) is 4.62. The molecule has 0 aliphatic heterocycles. The van der Waals surface area contributed by atoms with Crippen LogP contribution < -0.4 is 10.9 Å². The molecule has 3 unspecified atom stereocenters. The van der Waals surface area contributed by atoms with Crippen LogP contribution in [0.5, 0.6) is 0 Å². The molecule has 2 aromatic rings. The van der Waals surface area contributed by atoms with Gasteiger partial charge in [0, 0.05) is 11.5 Å². The molecule has 8 nitrogen and oxygen atoms in total. The van der Waals surface area contributed by atoms with E-state index in [2.05, 4.69) is 10.9 Å². The Morgan fingerprint density at radius 2 is 1.55 bits per heavy atom. The second kappa shape index (κ2) is 11.1. The predicted molar refractivity (Wildman–Crippen MR) is 111 cm³/mol. The van der Waals surface area contributed by atoms with Crippen molar-refractivity contribution < 1.29 is 19.1 Å². The standard InChI is InChI=1S/C23H22N4O4/c1-3-31-23(30)19(14-25)20(16-11-9-15(2)10-12-16)18(13-24)22(29)27-26-21(28)17-7-5-4-6-8-17/h4-12,18-20H,3H2,1-2H3,(H,26,28)(H,27,29). The zero-order chi connectivity index (χ0) is 22.8. The highest BCUT2D eigenvalue weighted by atomic mass is 16.5. The van der Waals surface area contributed by atoms with Crippen LogP contribution in [0.25, 0.3) is 0 Å². The second-order valence-electron chi connectivity index (χ2n) is 6.71. The van der Waals surface area contributed by atoms with E-state index in [4.69, 9.17) is 4.74 Å². The lowest BCUT2D eigenvalue weighted by Crippen LogP contribution is -2.46. The van der Waals surface area contributed by atoms with Crippen molar-refractivity contribution in [1.29, 1.82) is 10.5 Å². The van der Waals surface area contributed by atoms with Crippen molar-refractivity contribution in [2.24, 2.45) is 11.8 Å². The van der Waals surface area contributed by atoms with Crippen molar-refractivity contribution in [1.82, 2.24) is 10.9 Å². The summed E-state index contributed by atoms with van der Waals surface area (Å²) in [5.41, 5.74) is 6.18. The van der Waals surface area contributed by atoms with E-state index in [1.54, 1.807) is 61.5 Å². The Labute approximate surface area is 180 Å². The Morgan fingerprint density at radius 1 is 0.935 bits per heavy atom. The van der Waals surface area contributed by atoms with Gasteiger partial charge in [-0.15, -0.1) is 0 Å². The molecule has 0 saturated heterocycles. The lowest BCUT2D eigenvalue weighted by Gasteiger charge is -2.25. The second-order valence-corrected chi connectivity index (χ2v) is 6.71. The number of carbonyl (C=O) groups is 3. The molecule has 2 amide bonds. The van der Waals surface area contributed by atoms with Crippen LogP contribution in [0.4, 0.5) is 0 Å². The maximum Gasteiger partial charge on any atom is 0.324 e. The number of esters is 1. The summed E-state index contributed by atoms with van der Waals surface area (Å²) in [6, 6.07) is 18.8. The minimum atomic E-state index is -1.44. The van der Waals surface area contributed by atoms with Crippen LogP contribution in [0.1, 0.15) is 34.3 Å². The van der Waals surface area contributed by atoms with Gasteiger partial charge in [0.25, 0.3) is 11.8 Å². The molecule has 8 heteroatoms. The van der Waals surface area contributed by atoms with E-state index in [-0.39, 0.29) is 6.61 Å². The summed E-state index contributed by atoms with van der Waals surface area (Å²) in [6.07, 6.45) is 0. The molecule has 2 rings (SSSR count). The van der Waals surface area contributed by atoms with Crippen LogP contribution >= 0.6 is 0 Å². The topological polar surface area (TPSA) is 132 Å². The average molecular weight is 418 g/mol. The Kier molecular flexibility index (Phi) is 8.30. The summed E-state index contributed by atoms with van der Waals surface area (Å²) in [7, 11) is 0. The fourth-order valence-corrected chi connectivity index (χ4v) is 3.04. The number of hydrogen-bond acceptors (Lipinski definition) is 6. The maximum atomic E-state index is 12.8. The first-order valence-corrected chi connectivity index (χ1v) is 9.60. The lowest BCUT2D eigenvalue weighted by atomic mass is 9.77. The molecule has 0 fully saturated rings. The number of nitriles is 2. The van der Waals surface area contributed by atoms with E-state index in [1.165, 1.54) is 0 Å². The molecule has 31 heavy (non-hydrogen) atoms. The summed E-state index contributed by atoms with van der Waals surface area (Å²) in [5, 5.41) is 19.4. The average Bonchev–Trinajstić information content (AvgIpc) is 2.78. The van der Waals surface area contributed by atoms with E-state index in [1.807, 2.05) is 19.1 Å². The Hall–Kier alpha value is -4.17. The first-order valence-electron chi connectivity index (χ1n) is 9.60. The van der Waals surface area contributed by atoms with Gasteiger partial charge in [-0.3, -0.25) is 25.2 Å². The number of hydrogen-bond donors (Lipinski definition) is 2. The summed E-state index contributed by atoms with van der Waals surface area (Å²) >= 11 is 0. The minimum Gasteiger partial charge on any atom is -0.465 e. The maximum absolute atomic E-state index is 12.8. The molecule has 0 radical (unpaired) electrons. The molecule has 0 spiro atoms. The molecule has 0 heterocycles. The SMILES string of the molecule is CCOC(=O)C(C#N)C(c1ccc(C)cc1)C(C#N)C(=O)NNC(=O)c1ccccc1. The van der Waals surface area contributed by atoms with Crippen molar-refractivity contribution >= 4 is 17.8 Å². The quantitative estimate of drug-likeness (QED) is 0.524. The smallest absolute Gasteiger partial charge is 0.324 e. The molecule has 0 bridgehead atoms. The number of aryl methyl sites for hydroxylation is 1. The van der Waals surface area contributed by atoms with Crippen LogP contribution in [0.2, 0.25) is 0 Å². The number of benzene rings is 2. The number of rotatable bonds is 7. The Bertz CT molecular complexity index is 1010. The van der Waals surface area contributed by atoms with Gasteiger partial charge in [-0.25, -0.2) is 0 Å². The normalized spacial score (nSPS) is 12.9.